The van der Waals surface area contributed by atoms with Crippen molar-refractivity contribution < 1.29 is 9.90 Å². The van der Waals surface area contributed by atoms with Crippen LogP contribution in [0.25, 0.3) is 0 Å². The van der Waals surface area contributed by atoms with E-state index in [-0.39, 0.29) is 0 Å². The molecule has 0 aliphatic carbocycles. The van der Waals surface area contributed by atoms with Crippen molar-refractivity contribution in [2.24, 2.45) is 0 Å². The van der Waals surface area contributed by atoms with Gasteiger partial charge in [-0.05, 0) is 49.2 Å². The molecule has 2 heteroatoms. The average Bonchev–Trinajstić information content (AvgIpc) is 2.34. The Morgan fingerprint density at radius 3 is 1.44 bits per heavy atom. The Labute approximate surface area is 107 Å². The van der Waals surface area contributed by atoms with Crippen molar-refractivity contribution >= 4 is 5.97 Å². The molecule has 0 unspecified atom stereocenters. The molecule has 0 heterocycles. The fraction of sp³-hybridized carbons (Fsp3) is 0.125. The Kier molecular flexibility index (Phi) is 3.38. The van der Waals surface area contributed by atoms with Gasteiger partial charge in [-0.2, -0.15) is 0 Å². The molecule has 0 atom stereocenters. The number of carboxylic acid groups (broad SMARTS) is 1. The first-order chi connectivity index (χ1) is 8.58. The number of aryl methyl sites for hydroxylation is 2. The number of carboxylic acids is 1. The van der Waals surface area contributed by atoms with Gasteiger partial charge in [0.25, 0.3) is 0 Å². The molecule has 2 aromatic carbocycles. The number of carbonyl (C=O) groups is 1. The molecule has 0 saturated carbocycles. The molecule has 0 bridgehead atoms. The van der Waals surface area contributed by atoms with Crippen LogP contribution < -0.4 is 0 Å². The molecule has 0 aliphatic rings. The number of aliphatic carboxylic acids is 1. The molecule has 2 rings (SSSR count). The summed E-state index contributed by atoms with van der Waals surface area (Å²) in [5.41, 5.74) is 3.70. The molecular weight excluding hydrogens is 224 g/mol. The highest BCUT2D eigenvalue weighted by Crippen LogP contribution is 2.24. The highest BCUT2D eigenvalue weighted by Gasteiger charge is 2.28. The third kappa shape index (κ3) is 2.54. The summed E-state index contributed by atoms with van der Waals surface area (Å²) in [4.78, 5) is 11.4. The summed E-state index contributed by atoms with van der Waals surface area (Å²) in [5, 5.41) is 9.38. The monoisotopic (exact) mass is 239 g/mol. The van der Waals surface area contributed by atoms with Crippen LogP contribution in [-0.2, 0) is 4.79 Å². The number of hydrogen-bond donors (Lipinski definition) is 1. The molecule has 0 spiro atoms. The van der Waals surface area contributed by atoms with Gasteiger partial charge in [-0.25, -0.2) is 4.79 Å². The van der Waals surface area contributed by atoms with Gasteiger partial charge in [0.1, 0.15) is 0 Å². The first-order valence-corrected chi connectivity index (χ1v) is 5.82. The van der Waals surface area contributed by atoms with Crippen molar-refractivity contribution in [2.75, 3.05) is 0 Å². The Morgan fingerprint density at radius 2 is 1.17 bits per heavy atom. The van der Waals surface area contributed by atoms with Crippen molar-refractivity contribution in [3.05, 3.63) is 76.7 Å². The Morgan fingerprint density at radius 1 is 0.833 bits per heavy atom. The van der Waals surface area contributed by atoms with E-state index < -0.39 is 5.97 Å². The zero-order valence-corrected chi connectivity index (χ0v) is 10.5. The molecule has 2 nitrogen and oxygen atoms in total. The quantitative estimate of drug-likeness (QED) is 0.834. The van der Waals surface area contributed by atoms with Gasteiger partial charge < -0.3 is 5.11 Å². The van der Waals surface area contributed by atoms with E-state index in [0.29, 0.717) is 5.92 Å². The smallest absolute Gasteiger partial charge is 0.373 e. The summed E-state index contributed by atoms with van der Waals surface area (Å²) in [6.45, 7) is 3.96. The van der Waals surface area contributed by atoms with Crippen LogP contribution in [0, 0.1) is 19.8 Å². The van der Waals surface area contributed by atoms with E-state index in [1.54, 1.807) is 0 Å². The van der Waals surface area contributed by atoms with Gasteiger partial charge in [0.15, 0.2) is 5.92 Å². The van der Waals surface area contributed by atoms with Gasteiger partial charge in [-0.15, -0.1) is 0 Å². The molecule has 1 N–H and O–H groups in total. The van der Waals surface area contributed by atoms with E-state index in [1.807, 2.05) is 62.4 Å². The van der Waals surface area contributed by atoms with E-state index in [0.717, 1.165) is 22.3 Å². The molecular formula is C16H15O2+. The maximum absolute atomic E-state index is 11.4. The SMILES string of the molecule is Cc1ccc([C+](C(=O)O)c2ccc(C)cc2)cc1. The predicted octanol–water partition coefficient (Wildman–Crippen LogP) is 3.36. The summed E-state index contributed by atoms with van der Waals surface area (Å²) in [6.07, 6.45) is 0. The third-order valence-electron chi connectivity index (χ3n) is 2.89. The Bertz CT molecular complexity index is 493. The zero-order valence-electron chi connectivity index (χ0n) is 10.5. The molecule has 0 radical (unpaired) electrons. The summed E-state index contributed by atoms with van der Waals surface area (Å²) in [5.74, 6) is -0.558. The van der Waals surface area contributed by atoms with Crippen LogP contribution >= 0.6 is 0 Å². The van der Waals surface area contributed by atoms with Crippen molar-refractivity contribution in [1.29, 1.82) is 0 Å². The van der Waals surface area contributed by atoms with Gasteiger partial charge in [0.2, 0.25) is 0 Å². The fourth-order valence-corrected chi connectivity index (χ4v) is 1.85. The molecule has 0 aromatic heterocycles. The first kappa shape index (κ1) is 12.2. The van der Waals surface area contributed by atoms with E-state index in [9.17, 15) is 9.90 Å². The van der Waals surface area contributed by atoms with Crippen LogP contribution in [0.4, 0.5) is 0 Å². The zero-order chi connectivity index (χ0) is 13.1. The normalized spacial score (nSPS) is 10.1. The summed E-state index contributed by atoms with van der Waals surface area (Å²) >= 11 is 0. The number of hydrogen-bond acceptors (Lipinski definition) is 1. The van der Waals surface area contributed by atoms with Crippen LogP contribution in [0.2, 0.25) is 0 Å². The maximum atomic E-state index is 11.4. The average molecular weight is 239 g/mol. The fourth-order valence-electron chi connectivity index (χ4n) is 1.85. The highest BCUT2D eigenvalue weighted by atomic mass is 16.4. The minimum atomic E-state index is -0.900. The molecule has 0 aliphatic heterocycles. The van der Waals surface area contributed by atoms with E-state index in [1.165, 1.54) is 0 Å². The lowest BCUT2D eigenvalue weighted by atomic mass is 9.90. The van der Waals surface area contributed by atoms with Crippen molar-refractivity contribution in [3.8, 4) is 0 Å². The molecule has 2 aromatic rings. The highest BCUT2D eigenvalue weighted by molar-refractivity contribution is 5.93. The van der Waals surface area contributed by atoms with Gasteiger partial charge >= 0.3 is 5.97 Å². The second-order valence-electron chi connectivity index (χ2n) is 4.41. The second-order valence-corrected chi connectivity index (χ2v) is 4.41. The van der Waals surface area contributed by atoms with Crippen LogP contribution in [0.15, 0.2) is 48.5 Å². The van der Waals surface area contributed by atoms with Crippen LogP contribution in [0.1, 0.15) is 22.3 Å². The topological polar surface area (TPSA) is 37.3 Å². The molecule has 0 amide bonds. The van der Waals surface area contributed by atoms with Crippen molar-refractivity contribution in [2.45, 2.75) is 13.8 Å². The second kappa shape index (κ2) is 4.96. The Hall–Kier alpha value is -2.22. The molecule has 0 saturated heterocycles. The molecule has 18 heavy (non-hydrogen) atoms. The minimum Gasteiger partial charge on any atom is -0.472 e. The Balaban J connectivity index is 2.43. The largest absolute Gasteiger partial charge is 0.472 e. The van der Waals surface area contributed by atoms with Gasteiger partial charge in [-0.1, -0.05) is 0 Å². The van der Waals surface area contributed by atoms with Gasteiger partial charge in [0, 0.05) is 24.3 Å². The maximum Gasteiger partial charge on any atom is 0.373 e. The van der Waals surface area contributed by atoms with Crippen LogP contribution in [-0.4, -0.2) is 11.1 Å². The molecule has 0 fully saturated rings. The predicted molar refractivity (Wildman–Crippen MR) is 71.4 cm³/mol. The third-order valence-corrected chi connectivity index (χ3v) is 2.89. The van der Waals surface area contributed by atoms with E-state index >= 15 is 0 Å². The lowest BCUT2D eigenvalue weighted by Gasteiger charge is -2.07. The number of benzene rings is 2. The lowest BCUT2D eigenvalue weighted by molar-refractivity contribution is -0.133. The van der Waals surface area contributed by atoms with E-state index in [4.69, 9.17) is 0 Å². The van der Waals surface area contributed by atoms with Gasteiger partial charge in [-0.3, -0.25) is 0 Å². The first-order valence-electron chi connectivity index (χ1n) is 5.82. The minimum absolute atomic E-state index is 0.343. The molecule has 90 valence electrons. The van der Waals surface area contributed by atoms with E-state index in [2.05, 4.69) is 0 Å². The van der Waals surface area contributed by atoms with Crippen LogP contribution in [0.3, 0.4) is 0 Å². The summed E-state index contributed by atoms with van der Waals surface area (Å²) in [7, 11) is 0. The lowest BCUT2D eigenvalue weighted by Crippen LogP contribution is -2.14. The summed E-state index contributed by atoms with van der Waals surface area (Å²) < 4.78 is 0. The van der Waals surface area contributed by atoms with Crippen LogP contribution in [0.5, 0.6) is 0 Å². The van der Waals surface area contributed by atoms with Gasteiger partial charge in [0.05, 0.1) is 11.1 Å². The number of rotatable bonds is 3. The standard InChI is InChI=1S/C16H14O2/c1-11-3-7-13(8-4-11)15(16(17)18)14-9-5-12(2)6-10-14/h3-10H,1-2H3/p+1. The van der Waals surface area contributed by atoms with Crippen molar-refractivity contribution in [3.63, 3.8) is 0 Å². The van der Waals surface area contributed by atoms with Crippen molar-refractivity contribution in [1.82, 2.24) is 0 Å². The summed E-state index contributed by atoms with van der Waals surface area (Å²) in [6, 6.07) is 15.1.